The number of halogens is 3. The van der Waals surface area contributed by atoms with E-state index in [0.717, 1.165) is 37.0 Å². The molecule has 4 aliphatic rings. The molecular formula is C30H29Cl2FN2O5S. The summed E-state index contributed by atoms with van der Waals surface area (Å²) in [4.78, 5) is 14.6. The number of ketones is 1. The van der Waals surface area contributed by atoms with Gasteiger partial charge < -0.3 is 14.2 Å². The Morgan fingerprint density at radius 1 is 1.10 bits per heavy atom. The average Bonchev–Trinajstić information content (AvgIpc) is 3.86. The Morgan fingerprint density at radius 3 is 2.49 bits per heavy atom. The van der Waals surface area contributed by atoms with Crippen LogP contribution in [0.2, 0.25) is 10.0 Å². The average molecular weight is 620 g/mol. The molecule has 1 saturated heterocycles. The molecule has 3 saturated carbocycles. The van der Waals surface area contributed by atoms with Crippen molar-refractivity contribution in [3.05, 3.63) is 69.1 Å². The molecule has 2 aromatic carbocycles. The van der Waals surface area contributed by atoms with Crippen LogP contribution in [0.25, 0.3) is 11.3 Å². The minimum absolute atomic E-state index is 0.00399. The number of aromatic nitrogens is 1. The molecule has 3 atom stereocenters. The van der Waals surface area contributed by atoms with E-state index in [0.29, 0.717) is 58.9 Å². The summed E-state index contributed by atoms with van der Waals surface area (Å²) in [5, 5.41) is 4.93. The molecule has 216 valence electrons. The molecule has 3 aromatic rings. The first-order valence-corrected chi connectivity index (χ1v) is 16.5. The number of nitrogens with zero attached hydrogens (tertiary/aromatic N) is 2. The highest BCUT2D eigenvalue weighted by atomic mass is 35.5. The molecule has 1 aliphatic heterocycles. The van der Waals surface area contributed by atoms with Gasteiger partial charge in [-0.05, 0) is 68.9 Å². The molecular weight excluding hydrogens is 590 g/mol. The second-order valence-electron chi connectivity index (χ2n) is 11.7. The van der Waals surface area contributed by atoms with Crippen molar-refractivity contribution in [3.8, 4) is 11.3 Å². The van der Waals surface area contributed by atoms with Gasteiger partial charge in [-0.3, -0.25) is 4.79 Å². The van der Waals surface area contributed by atoms with E-state index in [4.69, 9.17) is 32.5 Å². The van der Waals surface area contributed by atoms with Gasteiger partial charge in [0, 0.05) is 41.1 Å². The van der Waals surface area contributed by atoms with E-state index in [1.807, 2.05) is 4.90 Å². The first kappa shape index (κ1) is 27.4. The third-order valence-electron chi connectivity index (χ3n) is 8.83. The number of benzene rings is 2. The van der Waals surface area contributed by atoms with Gasteiger partial charge in [0.05, 0.1) is 33.7 Å². The second kappa shape index (κ2) is 10.4. The van der Waals surface area contributed by atoms with Crippen LogP contribution in [0.5, 0.6) is 0 Å². The standard InChI is InChI=1S/C30H29Cl2FN2O5S/c31-22-2-1-3-23(32)28(22)29-21(30(40-34-29)16-4-5-16)14-39-27-12-19-10-18(27)13-35(19)25-9-6-17(11-24(25)33)26(36)15-41(37,38)20-7-8-20/h1-3,6,9,11,16,18-20,27H,4-5,7-8,10,12-15H2/t18-,19-,27+/m1/s1. The highest BCUT2D eigenvalue weighted by molar-refractivity contribution is 7.93. The fourth-order valence-electron chi connectivity index (χ4n) is 6.37. The zero-order chi connectivity index (χ0) is 28.5. The lowest BCUT2D eigenvalue weighted by Gasteiger charge is -2.33. The fraction of sp³-hybridized carbons (Fsp3) is 0.467. The number of piperidine rings is 1. The van der Waals surface area contributed by atoms with Gasteiger partial charge in [0.25, 0.3) is 0 Å². The van der Waals surface area contributed by atoms with Crippen molar-refractivity contribution in [2.24, 2.45) is 5.92 Å². The van der Waals surface area contributed by atoms with Crippen molar-refractivity contribution in [1.82, 2.24) is 5.16 Å². The number of sulfone groups is 1. The zero-order valence-corrected chi connectivity index (χ0v) is 24.5. The van der Waals surface area contributed by atoms with Gasteiger partial charge in [0.2, 0.25) is 0 Å². The van der Waals surface area contributed by atoms with Crippen LogP contribution in [0, 0.1) is 11.7 Å². The molecule has 0 amide bonds. The van der Waals surface area contributed by atoms with E-state index in [9.17, 15) is 13.2 Å². The van der Waals surface area contributed by atoms with Gasteiger partial charge in [-0.25, -0.2) is 12.8 Å². The maximum absolute atomic E-state index is 15.2. The van der Waals surface area contributed by atoms with Crippen LogP contribution in [-0.2, 0) is 21.2 Å². The molecule has 41 heavy (non-hydrogen) atoms. The first-order chi connectivity index (χ1) is 19.7. The van der Waals surface area contributed by atoms with Gasteiger partial charge in [-0.1, -0.05) is 34.4 Å². The van der Waals surface area contributed by atoms with Crippen molar-refractivity contribution in [2.45, 2.75) is 68.4 Å². The van der Waals surface area contributed by atoms with Crippen molar-refractivity contribution < 1.29 is 26.9 Å². The minimum atomic E-state index is -3.45. The molecule has 3 aliphatic carbocycles. The lowest BCUT2D eigenvalue weighted by molar-refractivity contribution is 0.0122. The molecule has 0 radical (unpaired) electrons. The highest BCUT2D eigenvalue weighted by Gasteiger charge is 2.46. The number of fused-ring (bicyclic) bond motifs is 2. The van der Waals surface area contributed by atoms with Gasteiger partial charge in [-0.15, -0.1) is 0 Å². The zero-order valence-electron chi connectivity index (χ0n) is 22.2. The lowest BCUT2D eigenvalue weighted by atomic mass is 10.0. The van der Waals surface area contributed by atoms with Gasteiger partial charge in [0.15, 0.2) is 15.6 Å². The van der Waals surface area contributed by atoms with Crippen LogP contribution < -0.4 is 4.90 Å². The number of rotatable bonds is 10. The van der Waals surface area contributed by atoms with Crippen molar-refractivity contribution in [2.75, 3.05) is 17.2 Å². The number of hydrogen-bond acceptors (Lipinski definition) is 7. The molecule has 2 heterocycles. The number of ether oxygens (including phenoxy) is 1. The van der Waals surface area contributed by atoms with Crippen LogP contribution in [0.1, 0.15) is 66.1 Å². The second-order valence-corrected chi connectivity index (χ2v) is 14.8. The Kier molecular flexibility index (Phi) is 6.92. The molecule has 7 nitrogen and oxygen atoms in total. The number of Topliss-reactive ketones (excluding diaryl/α,β-unsaturated/α-hetero) is 1. The third-order valence-corrected chi connectivity index (χ3v) is 11.6. The Bertz CT molecular complexity index is 1620. The van der Waals surface area contributed by atoms with Crippen LogP contribution in [-0.4, -0.2) is 49.1 Å². The molecule has 0 unspecified atom stereocenters. The predicted octanol–water partition coefficient (Wildman–Crippen LogP) is 6.61. The quantitative estimate of drug-likeness (QED) is 0.236. The topological polar surface area (TPSA) is 89.7 Å². The molecule has 0 spiro atoms. The van der Waals surface area contributed by atoms with Crippen LogP contribution in [0.4, 0.5) is 10.1 Å². The molecule has 7 rings (SSSR count). The summed E-state index contributed by atoms with van der Waals surface area (Å²) < 4.78 is 51.8. The van der Waals surface area contributed by atoms with Gasteiger partial charge >= 0.3 is 0 Å². The van der Waals surface area contributed by atoms with E-state index < -0.39 is 32.4 Å². The number of carbonyl (C=O) groups is 1. The van der Waals surface area contributed by atoms with Crippen LogP contribution >= 0.6 is 23.2 Å². The molecule has 2 bridgehead atoms. The maximum Gasteiger partial charge on any atom is 0.177 e. The van der Waals surface area contributed by atoms with E-state index in [1.54, 1.807) is 24.3 Å². The monoisotopic (exact) mass is 618 g/mol. The number of carbonyl (C=O) groups excluding carboxylic acids is 1. The first-order valence-electron chi connectivity index (χ1n) is 14.0. The highest BCUT2D eigenvalue weighted by Crippen LogP contribution is 2.47. The number of anilines is 1. The van der Waals surface area contributed by atoms with Crippen molar-refractivity contribution >= 4 is 44.5 Å². The van der Waals surface area contributed by atoms with E-state index in [1.165, 1.54) is 12.1 Å². The number of hydrogen-bond donors (Lipinski definition) is 0. The van der Waals surface area contributed by atoms with Gasteiger partial charge in [-0.2, -0.15) is 0 Å². The molecule has 0 N–H and O–H groups in total. The minimum Gasteiger partial charge on any atom is -0.373 e. The van der Waals surface area contributed by atoms with E-state index in [2.05, 4.69) is 5.16 Å². The summed E-state index contributed by atoms with van der Waals surface area (Å²) in [6, 6.07) is 9.77. The molecule has 1 aromatic heterocycles. The summed E-state index contributed by atoms with van der Waals surface area (Å²) in [5.74, 6) is -0.246. The Balaban J connectivity index is 1.03. The van der Waals surface area contributed by atoms with E-state index in [-0.39, 0.29) is 23.6 Å². The summed E-state index contributed by atoms with van der Waals surface area (Å²) in [6.07, 6.45) is 4.93. The predicted molar refractivity (Wildman–Crippen MR) is 154 cm³/mol. The van der Waals surface area contributed by atoms with Crippen LogP contribution in [0.3, 0.4) is 0 Å². The lowest BCUT2D eigenvalue weighted by Crippen LogP contribution is -2.39. The Hall–Kier alpha value is -2.46. The fourth-order valence-corrected chi connectivity index (χ4v) is 8.57. The summed E-state index contributed by atoms with van der Waals surface area (Å²) >= 11 is 13.0. The normalized spacial score (nSPS) is 23.9. The van der Waals surface area contributed by atoms with E-state index >= 15 is 4.39 Å². The maximum atomic E-state index is 15.2. The molecule has 4 fully saturated rings. The smallest absolute Gasteiger partial charge is 0.177 e. The largest absolute Gasteiger partial charge is 0.373 e. The Morgan fingerprint density at radius 2 is 1.85 bits per heavy atom. The summed E-state index contributed by atoms with van der Waals surface area (Å²) in [6.45, 7) is 0.965. The third kappa shape index (κ3) is 5.19. The van der Waals surface area contributed by atoms with Crippen molar-refractivity contribution in [3.63, 3.8) is 0 Å². The SMILES string of the molecule is O=C(CS(=O)(=O)C1CC1)c1ccc(N2C[C@H]3C[C@@H]2C[C@@H]3OCc2c(-c3c(Cl)cccc3Cl)noc2C2CC2)c(F)c1. The Labute approximate surface area is 247 Å². The van der Waals surface area contributed by atoms with Crippen molar-refractivity contribution in [1.29, 1.82) is 0 Å². The van der Waals surface area contributed by atoms with Crippen LogP contribution in [0.15, 0.2) is 40.9 Å². The van der Waals surface area contributed by atoms with Gasteiger partial charge in [0.1, 0.15) is 23.0 Å². The summed E-state index contributed by atoms with van der Waals surface area (Å²) in [5.41, 5.74) is 2.68. The summed E-state index contributed by atoms with van der Waals surface area (Å²) in [7, 11) is -3.45. The molecule has 11 heteroatoms.